The second kappa shape index (κ2) is 7.36. The lowest BCUT2D eigenvalue weighted by Crippen LogP contribution is -2.55. The van der Waals surface area contributed by atoms with Crippen molar-refractivity contribution in [2.24, 2.45) is 7.05 Å². The predicted octanol–water partition coefficient (Wildman–Crippen LogP) is 2.92. The zero-order valence-corrected chi connectivity index (χ0v) is 17.0. The van der Waals surface area contributed by atoms with E-state index in [-0.39, 0.29) is 17.8 Å². The van der Waals surface area contributed by atoms with E-state index in [1.54, 1.807) is 23.1 Å². The number of rotatable bonds is 4. The topological polar surface area (TPSA) is 79.1 Å². The molecule has 2 saturated heterocycles. The summed E-state index contributed by atoms with van der Waals surface area (Å²) in [7, 11) is 3.73. The third-order valence-electron chi connectivity index (χ3n) is 6.33. The number of aromatic hydroxyl groups is 1. The number of hydrogen-bond acceptors (Lipinski definition) is 6. The number of piperidine rings is 1. The minimum atomic E-state index is -0.918. The molecule has 4 atom stereocenters. The summed E-state index contributed by atoms with van der Waals surface area (Å²) in [6.45, 7) is 0. The minimum Gasteiger partial charge on any atom is -0.507 e. The van der Waals surface area contributed by atoms with Crippen LogP contribution in [0.2, 0.25) is 0 Å². The number of aromatic nitrogens is 4. The summed E-state index contributed by atoms with van der Waals surface area (Å²) in [6, 6.07) is 7.41. The van der Waals surface area contributed by atoms with Gasteiger partial charge in [0.1, 0.15) is 17.7 Å². The molecule has 0 aliphatic carbocycles. The fourth-order valence-corrected chi connectivity index (χ4v) is 4.64. The van der Waals surface area contributed by atoms with Crippen LogP contribution in [-0.4, -0.2) is 56.2 Å². The van der Waals surface area contributed by atoms with Gasteiger partial charge in [-0.25, -0.2) is 9.37 Å². The Kier molecular flexibility index (Phi) is 4.66. The molecule has 8 heteroatoms. The lowest BCUT2D eigenvalue weighted by Gasteiger charge is -2.38. The number of fused-ring (bicyclic) bond motifs is 2. The maximum Gasteiger partial charge on any atom is 0.147 e. The highest BCUT2D eigenvalue weighted by molar-refractivity contribution is 5.72. The summed E-state index contributed by atoms with van der Waals surface area (Å²) in [5.74, 6) is 0.754. The molecule has 4 heterocycles. The van der Waals surface area contributed by atoms with Gasteiger partial charge in [-0.3, -0.25) is 9.67 Å². The molecule has 156 valence electrons. The van der Waals surface area contributed by atoms with E-state index in [1.807, 2.05) is 43.4 Å². The number of phenols is 1. The maximum absolute atomic E-state index is 14.9. The van der Waals surface area contributed by atoms with Gasteiger partial charge in [-0.1, -0.05) is 6.07 Å². The Morgan fingerprint density at radius 1 is 1.17 bits per heavy atom. The smallest absolute Gasteiger partial charge is 0.147 e. The van der Waals surface area contributed by atoms with Gasteiger partial charge in [-0.2, -0.15) is 5.10 Å². The molecule has 2 unspecified atom stereocenters. The lowest BCUT2D eigenvalue weighted by molar-refractivity contribution is 0.176. The molecule has 0 amide bonds. The second-order valence-corrected chi connectivity index (χ2v) is 8.27. The molecule has 7 nitrogen and oxygen atoms in total. The van der Waals surface area contributed by atoms with Crippen molar-refractivity contribution < 1.29 is 9.50 Å². The summed E-state index contributed by atoms with van der Waals surface area (Å²) < 4.78 is 16.6. The van der Waals surface area contributed by atoms with E-state index < -0.39 is 6.17 Å². The van der Waals surface area contributed by atoms with Crippen molar-refractivity contribution in [2.45, 2.75) is 43.6 Å². The average molecular weight is 408 g/mol. The van der Waals surface area contributed by atoms with Gasteiger partial charge in [-0.15, -0.1) is 0 Å². The molecule has 2 aliphatic heterocycles. The first-order valence-electron chi connectivity index (χ1n) is 10.3. The van der Waals surface area contributed by atoms with Gasteiger partial charge in [0.25, 0.3) is 0 Å². The molecular formula is C22H25FN6O. The number of nitrogens with one attached hydrogen (secondary N) is 1. The zero-order chi connectivity index (χ0) is 20.8. The number of phenolic OH excluding ortho intramolecular Hbond substituents is 1. The summed E-state index contributed by atoms with van der Waals surface area (Å²) in [5.41, 5.74) is 2.79. The summed E-state index contributed by atoms with van der Waals surface area (Å²) in [4.78, 5) is 10.9. The van der Waals surface area contributed by atoms with Crippen LogP contribution in [0.25, 0.3) is 22.5 Å². The number of hydrogen-bond donors (Lipinski definition) is 2. The van der Waals surface area contributed by atoms with Crippen molar-refractivity contribution in [1.82, 2.24) is 25.1 Å². The second-order valence-electron chi connectivity index (χ2n) is 8.27. The summed E-state index contributed by atoms with van der Waals surface area (Å²) >= 11 is 0. The Bertz CT molecular complexity index is 1050. The van der Waals surface area contributed by atoms with E-state index in [9.17, 15) is 9.50 Å². The van der Waals surface area contributed by atoms with E-state index in [1.165, 1.54) is 0 Å². The van der Waals surface area contributed by atoms with Crippen LogP contribution in [0.3, 0.4) is 0 Å². The van der Waals surface area contributed by atoms with Crippen molar-refractivity contribution in [3.63, 3.8) is 0 Å². The molecule has 2 fully saturated rings. The Hall–Kier alpha value is -3.00. The van der Waals surface area contributed by atoms with Crippen molar-refractivity contribution in [3.8, 4) is 28.3 Å². The summed E-state index contributed by atoms with van der Waals surface area (Å²) in [5, 5.41) is 18.2. The van der Waals surface area contributed by atoms with Gasteiger partial charge in [-0.05, 0) is 37.5 Å². The largest absolute Gasteiger partial charge is 0.507 e. The zero-order valence-electron chi connectivity index (χ0n) is 17.0. The van der Waals surface area contributed by atoms with Crippen LogP contribution < -0.4 is 10.2 Å². The highest BCUT2D eigenvalue weighted by Crippen LogP contribution is 2.34. The molecule has 2 aliphatic rings. The normalized spacial score (nSPS) is 25.4. The minimum absolute atomic E-state index is 0.0574. The van der Waals surface area contributed by atoms with E-state index in [2.05, 4.69) is 20.4 Å². The first kappa shape index (κ1) is 19.0. The van der Waals surface area contributed by atoms with Gasteiger partial charge in [0.15, 0.2) is 0 Å². The Labute approximate surface area is 174 Å². The van der Waals surface area contributed by atoms with Gasteiger partial charge in [0, 0.05) is 43.5 Å². The molecule has 3 aromatic rings. The first-order chi connectivity index (χ1) is 14.5. The van der Waals surface area contributed by atoms with Crippen molar-refractivity contribution in [2.75, 3.05) is 11.9 Å². The van der Waals surface area contributed by atoms with Crippen LogP contribution in [0.15, 0.2) is 42.9 Å². The standard InChI is InChI=1S/C22H25FN6O/c1-28-8-7-16(27-28)13-3-5-15(20(30)9-13)18-11-25-21(12-24-18)29(2)19-10-14-4-6-17(26-14)22(19)23/h3,5,7-9,11-12,14,17,19,22,26,30H,4,6,10H2,1-2H3/t14?,17?,19-,22+/m0/s1. The average Bonchev–Trinajstić information content (AvgIpc) is 3.37. The fourth-order valence-electron chi connectivity index (χ4n) is 4.64. The molecule has 2 bridgehead atoms. The third kappa shape index (κ3) is 3.31. The predicted molar refractivity (Wildman–Crippen MR) is 113 cm³/mol. The fraction of sp³-hybridized carbons (Fsp3) is 0.409. The summed E-state index contributed by atoms with van der Waals surface area (Å²) in [6.07, 6.45) is 6.92. The Morgan fingerprint density at radius 2 is 2.03 bits per heavy atom. The van der Waals surface area contributed by atoms with Crippen LogP contribution in [0.1, 0.15) is 19.3 Å². The molecule has 2 N–H and O–H groups in total. The Morgan fingerprint density at radius 3 is 2.73 bits per heavy atom. The highest BCUT2D eigenvalue weighted by Gasteiger charge is 2.43. The van der Waals surface area contributed by atoms with Gasteiger partial charge < -0.3 is 15.3 Å². The van der Waals surface area contributed by atoms with Crippen molar-refractivity contribution >= 4 is 5.82 Å². The molecule has 2 aromatic heterocycles. The third-order valence-corrected chi connectivity index (χ3v) is 6.33. The van der Waals surface area contributed by atoms with Gasteiger partial charge in [0.2, 0.25) is 0 Å². The first-order valence-corrected chi connectivity index (χ1v) is 10.3. The van der Waals surface area contributed by atoms with Crippen LogP contribution in [-0.2, 0) is 7.05 Å². The number of aryl methyl sites for hydroxylation is 1. The van der Waals surface area contributed by atoms with Gasteiger partial charge >= 0.3 is 0 Å². The molecule has 0 spiro atoms. The van der Waals surface area contributed by atoms with Crippen LogP contribution in [0.5, 0.6) is 5.75 Å². The molecule has 0 saturated carbocycles. The molecule has 30 heavy (non-hydrogen) atoms. The molecular weight excluding hydrogens is 383 g/mol. The number of anilines is 1. The molecule has 1 aromatic carbocycles. The maximum atomic E-state index is 14.9. The van der Waals surface area contributed by atoms with Crippen LogP contribution in [0.4, 0.5) is 10.2 Å². The number of alkyl halides is 1. The molecule has 0 radical (unpaired) electrons. The number of benzene rings is 1. The quantitative estimate of drug-likeness (QED) is 0.691. The van der Waals surface area contributed by atoms with Crippen LogP contribution >= 0.6 is 0 Å². The number of halogens is 1. The van der Waals surface area contributed by atoms with Crippen molar-refractivity contribution in [1.29, 1.82) is 0 Å². The Balaban J connectivity index is 1.36. The molecule has 5 rings (SSSR count). The lowest BCUT2D eigenvalue weighted by atomic mass is 9.96. The van der Waals surface area contributed by atoms with Crippen molar-refractivity contribution in [3.05, 3.63) is 42.9 Å². The monoisotopic (exact) mass is 408 g/mol. The highest BCUT2D eigenvalue weighted by atomic mass is 19.1. The van der Waals surface area contributed by atoms with E-state index in [0.717, 1.165) is 30.5 Å². The van der Waals surface area contributed by atoms with E-state index in [4.69, 9.17) is 0 Å². The van der Waals surface area contributed by atoms with E-state index in [0.29, 0.717) is 23.1 Å². The number of nitrogens with zero attached hydrogens (tertiary/aromatic N) is 5. The SMILES string of the molecule is CN(c1cnc(-c2ccc(-c3ccn(C)n3)cc2O)cn1)[C@H]1CC2CCC(N2)[C@H]1F. The van der Waals surface area contributed by atoms with Gasteiger partial charge in [0.05, 0.1) is 29.8 Å². The van der Waals surface area contributed by atoms with E-state index >= 15 is 0 Å². The van der Waals surface area contributed by atoms with Crippen LogP contribution in [0, 0.1) is 0 Å².